The van der Waals surface area contributed by atoms with E-state index in [0.717, 1.165) is 13.0 Å². The number of benzene rings is 3. The molecule has 0 spiro atoms. The van der Waals surface area contributed by atoms with Crippen LogP contribution in [0.25, 0.3) is 10.8 Å². The fourth-order valence-corrected chi connectivity index (χ4v) is 4.68. The van der Waals surface area contributed by atoms with Crippen molar-refractivity contribution in [1.29, 1.82) is 0 Å². The summed E-state index contributed by atoms with van der Waals surface area (Å²) in [7, 11) is 0. The molecule has 0 bridgehead atoms. The lowest BCUT2D eigenvalue weighted by Gasteiger charge is -2.38. The molecule has 134 valence electrons. The van der Waals surface area contributed by atoms with Crippen molar-refractivity contribution in [1.82, 2.24) is 0 Å². The van der Waals surface area contributed by atoms with Gasteiger partial charge in [0, 0.05) is 23.5 Å². The second-order valence-corrected chi connectivity index (χ2v) is 7.37. The predicted molar refractivity (Wildman–Crippen MR) is 114 cm³/mol. The van der Waals surface area contributed by atoms with E-state index >= 15 is 0 Å². The number of anilines is 2. The summed E-state index contributed by atoms with van der Waals surface area (Å²) in [6.45, 7) is 7.85. The Kier molecular flexibility index (Phi) is 4.72. The first-order valence-corrected chi connectivity index (χ1v) is 10.2. The highest BCUT2D eigenvalue weighted by Gasteiger charge is 2.30. The van der Waals surface area contributed by atoms with Gasteiger partial charge < -0.3 is 4.90 Å². The fraction of sp³-hybridized carbons (Fsp3) is 0.360. The Morgan fingerprint density at radius 2 is 1.69 bits per heavy atom. The van der Waals surface area contributed by atoms with Crippen LogP contribution in [0.5, 0.6) is 0 Å². The molecule has 1 nitrogen and oxygen atoms in total. The zero-order valence-corrected chi connectivity index (χ0v) is 16.3. The molecule has 1 unspecified atom stereocenters. The summed E-state index contributed by atoms with van der Waals surface area (Å²) in [5, 5.41) is 2.83. The van der Waals surface area contributed by atoms with Crippen LogP contribution in [0.15, 0.2) is 54.6 Å². The number of nitrogens with zero attached hydrogens (tertiary/aromatic N) is 1. The van der Waals surface area contributed by atoms with Crippen LogP contribution in [0.1, 0.15) is 62.6 Å². The van der Waals surface area contributed by atoms with Crippen LogP contribution in [-0.2, 0) is 6.42 Å². The van der Waals surface area contributed by atoms with Crippen molar-refractivity contribution < 1.29 is 0 Å². The number of fused-ring (bicyclic) bond motifs is 4. The minimum Gasteiger partial charge on any atom is -0.341 e. The highest BCUT2D eigenvalue weighted by Crippen LogP contribution is 2.50. The summed E-state index contributed by atoms with van der Waals surface area (Å²) in [5.74, 6) is 0.512. The van der Waals surface area contributed by atoms with Gasteiger partial charge >= 0.3 is 0 Å². The highest BCUT2D eigenvalue weighted by molar-refractivity contribution is 6.02. The van der Waals surface area contributed by atoms with Crippen LogP contribution >= 0.6 is 0 Å². The molecule has 3 aromatic carbocycles. The van der Waals surface area contributed by atoms with Gasteiger partial charge in [0.25, 0.3) is 0 Å². The maximum absolute atomic E-state index is 2.55. The number of hydrogen-bond donors (Lipinski definition) is 0. The second-order valence-electron chi connectivity index (χ2n) is 7.37. The molecule has 1 heterocycles. The first kappa shape index (κ1) is 17.1. The summed E-state index contributed by atoms with van der Waals surface area (Å²) in [4.78, 5) is 2.55. The van der Waals surface area contributed by atoms with E-state index in [1.54, 1.807) is 0 Å². The van der Waals surface area contributed by atoms with Gasteiger partial charge in [-0.2, -0.15) is 0 Å². The summed E-state index contributed by atoms with van der Waals surface area (Å²) in [6.07, 6.45) is 4.84. The lowest BCUT2D eigenvalue weighted by molar-refractivity contribution is 0.643. The van der Waals surface area contributed by atoms with Gasteiger partial charge in [-0.3, -0.25) is 0 Å². The molecule has 0 amide bonds. The summed E-state index contributed by atoms with van der Waals surface area (Å²) in [6, 6.07) is 20.6. The Balaban J connectivity index is 2.04. The average Bonchev–Trinajstić information content (AvgIpc) is 2.70. The van der Waals surface area contributed by atoms with E-state index in [0.29, 0.717) is 5.92 Å². The highest BCUT2D eigenvalue weighted by atomic mass is 15.1. The Morgan fingerprint density at radius 1 is 0.846 bits per heavy atom. The van der Waals surface area contributed by atoms with Crippen molar-refractivity contribution in [2.24, 2.45) is 0 Å². The first-order chi connectivity index (χ1) is 12.8. The minimum absolute atomic E-state index is 0.512. The largest absolute Gasteiger partial charge is 0.341 e. The van der Waals surface area contributed by atoms with Crippen LogP contribution in [0.2, 0.25) is 0 Å². The monoisotopic (exact) mass is 343 g/mol. The summed E-state index contributed by atoms with van der Waals surface area (Å²) in [5.41, 5.74) is 7.35. The van der Waals surface area contributed by atoms with Crippen molar-refractivity contribution in [2.75, 3.05) is 11.4 Å². The molecular weight excluding hydrogens is 314 g/mol. The van der Waals surface area contributed by atoms with Gasteiger partial charge in [-0.25, -0.2) is 0 Å². The van der Waals surface area contributed by atoms with Crippen molar-refractivity contribution in [3.8, 4) is 0 Å². The molecule has 0 N–H and O–H groups in total. The molecule has 0 saturated heterocycles. The van der Waals surface area contributed by atoms with E-state index in [1.165, 1.54) is 58.1 Å². The molecule has 26 heavy (non-hydrogen) atoms. The van der Waals surface area contributed by atoms with Gasteiger partial charge in [0.05, 0.1) is 5.69 Å². The van der Waals surface area contributed by atoms with Gasteiger partial charge in [-0.1, -0.05) is 75.2 Å². The molecular formula is C25H29N. The lowest BCUT2D eigenvalue weighted by Crippen LogP contribution is -2.26. The van der Waals surface area contributed by atoms with Crippen molar-refractivity contribution >= 4 is 22.1 Å². The SMILES string of the molecule is CCCCC1c2ccccc2N(CC)c2c1ccc1cccc(CC)c21. The van der Waals surface area contributed by atoms with Gasteiger partial charge in [0.15, 0.2) is 0 Å². The molecule has 0 fully saturated rings. The number of unbranched alkanes of at least 4 members (excludes halogenated alkanes) is 1. The van der Waals surface area contributed by atoms with Gasteiger partial charge in [-0.05, 0) is 47.9 Å². The smallest absolute Gasteiger partial charge is 0.0532 e. The molecule has 1 atom stereocenters. The number of rotatable bonds is 5. The number of para-hydroxylation sites is 1. The van der Waals surface area contributed by atoms with E-state index < -0.39 is 0 Å². The van der Waals surface area contributed by atoms with Gasteiger partial charge in [0.2, 0.25) is 0 Å². The molecule has 0 aliphatic carbocycles. The van der Waals surface area contributed by atoms with Crippen LogP contribution in [0.3, 0.4) is 0 Å². The third kappa shape index (κ3) is 2.61. The van der Waals surface area contributed by atoms with E-state index in [2.05, 4.69) is 80.3 Å². The molecule has 0 saturated carbocycles. The van der Waals surface area contributed by atoms with E-state index in [1.807, 2.05) is 0 Å². The Labute approximate surface area is 157 Å². The second kappa shape index (κ2) is 7.15. The average molecular weight is 344 g/mol. The Morgan fingerprint density at radius 3 is 2.46 bits per heavy atom. The van der Waals surface area contributed by atoms with Crippen LogP contribution in [-0.4, -0.2) is 6.54 Å². The maximum atomic E-state index is 2.55. The molecule has 1 aliphatic rings. The zero-order valence-electron chi connectivity index (χ0n) is 16.3. The topological polar surface area (TPSA) is 3.24 Å². The summed E-state index contributed by atoms with van der Waals surface area (Å²) >= 11 is 0. The first-order valence-electron chi connectivity index (χ1n) is 10.2. The maximum Gasteiger partial charge on any atom is 0.0532 e. The standard InChI is InChI=1S/C25H29N/c1-4-7-13-20-21-14-8-9-15-23(21)26(6-3)25-22(20)17-16-19-12-10-11-18(5-2)24(19)25/h8-12,14-17,20H,4-7,13H2,1-3H3. The van der Waals surface area contributed by atoms with E-state index in [4.69, 9.17) is 0 Å². The van der Waals surface area contributed by atoms with E-state index in [9.17, 15) is 0 Å². The molecule has 0 aromatic heterocycles. The third-order valence-corrected chi connectivity index (χ3v) is 5.93. The molecule has 4 rings (SSSR count). The van der Waals surface area contributed by atoms with E-state index in [-0.39, 0.29) is 0 Å². The molecule has 1 heteroatoms. The quantitative estimate of drug-likeness (QED) is 0.473. The third-order valence-electron chi connectivity index (χ3n) is 5.93. The van der Waals surface area contributed by atoms with Crippen molar-refractivity contribution in [2.45, 2.75) is 52.4 Å². The summed E-state index contributed by atoms with van der Waals surface area (Å²) < 4.78 is 0. The van der Waals surface area contributed by atoms with Gasteiger partial charge in [0.1, 0.15) is 0 Å². The molecule has 0 radical (unpaired) electrons. The Hall–Kier alpha value is -2.28. The Bertz CT molecular complexity index is 925. The molecule has 3 aromatic rings. The van der Waals surface area contributed by atoms with Crippen LogP contribution in [0, 0.1) is 0 Å². The van der Waals surface area contributed by atoms with Gasteiger partial charge in [-0.15, -0.1) is 0 Å². The minimum atomic E-state index is 0.512. The fourth-order valence-electron chi connectivity index (χ4n) is 4.68. The van der Waals surface area contributed by atoms with Crippen molar-refractivity contribution in [3.63, 3.8) is 0 Å². The number of hydrogen-bond acceptors (Lipinski definition) is 1. The molecule has 1 aliphatic heterocycles. The predicted octanol–water partition coefficient (Wildman–Crippen LogP) is 7.20. The van der Waals surface area contributed by atoms with Crippen molar-refractivity contribution in [3.05, 3.63) is 71.3 Å². The van der Waals surface area contributed by atoms with Crippen LogP contribution in [0.4, 0.5) is 11.4 Å². The lowest BCUT2D eigenvalue weighted by atomic mass is 9.80. The normalized spacial score (nSPS) is 15.8. The zero-order chi connectivity index (χ0) is 18.1. The number of aryl methyl sites for hydroxylation is 1. The van der Waals surface area contributed by atoms with Crippen LogP contribution < -0.4 is 4.90 Å².